The van der Waals surface area contributed by atoms with Crippen LogP contribution in [-0.4, -0.2) is 4.98 Å². The van der Waals surface area contributed by atoms with E-state index in [-0.39, 0.29) is 5.38 Å². The van der Waals surface area contributed by atoms with Gasteiger partial charge in [-0.2, -0.15) is 0 Å². The maximum absolute atomic E-state index is 6.31. The first-order valence-electron chi connectivity index (χ1n) is 4.57. The summed E-state index contributed by atoms with van der Waals surface area (Å²) in [6, 6.07) is 11.4. The van der Waals surface area contributed by atoms with E-state index < -0.39 is 0 Å². The normalized spacial score (nSPS) is 12.4. The Hall–Kier alpha value is -1.05. The highest BCUT2D eigenvalue weighted by molar-refractivity contribution is 6.30. The van der Waals surface area contributed by atoms with Crippen molar-refractivity contribution in [3.05, 3.63) is 64.9 Å². The van der Waals surface area contributed by atoms with Gasteiger partial charge in [0.05, 0.1) is 5.38 Å². The number of hydrogen-bond donors (Lipinski definition) is 0. The number of alkyl halides is 1. The van der Waals surface area contributed by atoms with Crippen LogP contribution < -0.4 is 0 Å². The second kappa shape index (κ2) is 4.65. The lowest BCUT2D eigenvalue weighted by atomic mass is 10.1. The van der Waals surface area contributed by atoms with E-state index in [2.05, 4.69) is 4.98 Å². The molecular formula is C12H9Cl2N. The Morgan fingerprint density at radius 3 is 2.00 bits per heavy atom. The Labute approximate surface area is 98.7 Å². The second-order valence-corrected chi connectivity index (χ2v) is 4.07. The van der Waals surface area contributed by atoms with Crippen molar-refractivity contribution in [3.63, 3.8) is 0 Å². The Balaban J connectivity index is 2.29. The molecule has 0 aliphatic carbocycles. The SMILES string of the molecule is Clc1ccc(C(Cl)c2ccncc2)cc1. The van der Waals surface area contributed by atoms with Crippen LogP contribution in [0.5, 0.6) is 0 Å². The van der Waals surface area contributed by atoms with Crippen molar-refractivity contribution in [2.24, 2.45) is 0 Å². The molecule has 0 aliphatic heterocycles. The van der Waals surface area contributed by atoms with Gasteiger partial charge in [0, 0.05) is 17.4 Å². The molecule has 0 bridgehead atoms. The molecule has 1 nitrogen and oxygen atoms in total. The van der Waals surface area contributed by atoms with Crippen molar-refractivity contribution in [1.29, 1.82) is 0 Å². The molecule has 0 amide bonds. The van der Waals surface area contributed by atoms with Crippen molar-refractivity contribution >= 4 is 23.2 Å². The number of nitrogens with zero attached hydrogens (tertiary/aromatic N) is 1. The predicted octanol–water partition coefficient (Wildman–Crippen LogP) is 4.06. The van der Waals surface area contributed by atoms with Gasteiger partial charge in [-0.15, -0.1) is 11.6 Å². The molecule has 0 saturated heterocycles. The van der Waals surface area contributed by atoms with E-state index in [4.69, 9.17) is 23.2 Å². The fourth-order valence-corrected chi connectivity index (χ4v) is 1.77. The smallest absolute Gasteiger partial charge is 0.0836 e. The third-order valence-electron chi connectivity index (χ3n) is 2.16. The third kappa shape index (κ3) is 2.49. The quantitative estimate of drug-likeness (QED) is 0.719. The fourth-order valence-electron chi connectivity index (χ4n) is 1.36. The van der Waals surface area contributed by atoms with Gasteiger partial charge in [-0.25, -0.2) is 0 Å². The van der Waals surface area contributed by atoms with Crippen molar-refractivity contribution < 1.29 is 0 Å². The van der Waals surface area contributed by atoms with E-state index in [1.807, 2.05) is 36.4 Å². The topological polar surface area (TPSA) is 12.9 Å². The van der Waals surface area contributed by atoms with Crippen LogP contribution in [0.4, 0.5) is 0 Å². The highest BCUT2D eigenvalue weighted by atomic mass is 35.5. The number of rotatable bonds is 2. The van der Waals surface area contributed by atoms with Crippen LogP contribution in [-0.2, 0) is 0 Å². The molecule has 0 fully saturated rings. The van der Waals surface area contributed by atoms with Gasteiger partial charge in [0.1, 0.15) is 0 Å². The summed E-state index contributed by atoms with van der Waals surface area (Å²) in [5.74, 6) is 0. The van der Waals surface area contributed by atoms with Crippen molar-refractivity contribution in [2.45, 2.75) is 5.38 Å². The van der Waals surface area contributed by atoms with Gasteiger partial charge < -0.3 is 0 Å². The number of halogens is 2. The standard InChI is InChI=1S/C12H9Cl2N/c13-11-3-1-9(2-4-11)12(14)10-5-7-15-8-6-10/h1-8,12H. The van der Waals surface area contributed by atoms with Crippen LogP contribution >= 0.6 is 23.2 Å². The van der Waals surface area contributed by atoms with Crippen LogP contribution in [0.3, 0.4) is 0 Å². The molecule has 2 rings (SSSR count). The summed E-state index contributed by atoms with van der Waals surface area (Å²) in [5.41, 5.74) is 2.07. The van der Waals surface area contributed by atoms with Crippen LogP contribution in [0.1, 0.15) is 16.5 Å². The van der Waals surface area contributed by atoms with E-state index in [1.54, 1.807) is 12.4 Å². The van der Waals surface area contributed by atoms with Gasteiger partial charge in [-0.05, 0) is 35.4 Å². The minimum atomic E-state index is -0.148. The van der Waals surface area contributed by atoms with E-state index in [1.165, 1.54) is 0 Å². The summed E-state index contributed by atoms with van der Waals surface area (Å²) in [6.07, 6.45) is 3.47. The van der Waals surface area contributed by atoms with Crippen LogP contribution in [0.15, 0.2) is 48.8 Å². The lowest BCUT2D eigenvalue weighted by Crippen LogP contribution is -1.92. The molecule has 1 unspecified atom stereocenters. The summed E-state index contributed by atoms with van der Waals surface area (Å²) in [4.78, 5) is 3.96. The highest BCUT2D eigenvalue weighted by Crippen LogP contribution is 2.28. The molecular weight excluding hydrogens is 229 g/mol. The Morgan fingerprint density at radius 1 is 0.867 bits per heavy atom. The average Bonchev–Trinajstić information content (AvgIpc) is 2.30. The lowest BCUT2D eigenvalue weighted by molar-refractivity contribution is 1.12. The molecule has 0 spiro atoms. The third-order valence-corrected chi connectivity index (χ3v) is 2.92. The molecule has 3 heteroatoms. The first kappa shape index (κ1) is 10.5. The molecule has 0 saturated carbocycles. The van der Waals surface area contributed by atoms with E-state index in [0.717, 1.165) is 16.1 Å². The van der Waals surface area contributed by atoms with E-state index >= 15 is 0 Å². The molecule has 0 N–H and O–H groups in total. The van der Waals surface area contributed by atoms with Gasteiger partial charge >= 0.3 is 0 Å². The minimum Gasteiger partial charge on any atom is -0.265 e. The van der Waals surface area contributed by atoms with Gasteiger partial charge in [0.25, 0.3) is 0 Å². The Kier molecular flexibility index (Phi) is 3.24. The zero-order valence-electron chi connectivity index (χ0n) is 7.90. The summed E-state index contributed by atoms with van der Waals surface area (Å²) in [5, 5.41) is 0.572. The molecule has 15 heavy (non-hydrogen) atoms. The number of pyridine rings is 1. The average molecular weight is 238 g/mol. The maximum atomic E-state index is 6.31. The summed E-state index contributed by atoms with van der Waals surface area (Å²) in [7, 11) is 0. The zero-order chi connectivity index (χ0) is 10.7. The number of hydrogen-bond acceptors (Lipinski definition) is 1. The zero-order valence-corrected chi connectivity index (χ0v) is 9.41. The number of aromatic nitrogens is 1. The van der Waals surface area contributed by atoms with Gasteiger partial charge in [0.15, 0.2) is 0 Å². The van der Waals surface area contributed by atoms with Crippen LogP contribution in [0, 0.1) is 0 Å². The number of benzene rings is 1. The minimum absolute atomic E-state index is 0.148. The molecule has 1 aromatic heterocycles. The van der Waals surface area contributed by atoms with E-state index in [0.29, 0.717) is 0 Å². The molecule has 1 heterocycles. The Morgan fingerprint density at radius 2 is 1.40 bits per heavy atom. The predicted molar refractivity (Wildman–Crippen MR) is 63.4 cm³/mol. The van der Waals surface area contributed by atoms with E-state index in [9.17, 15) is 0 Å². The van der Waals surface area contributed by atoms with Crippen LogP contribution in [0.2, 0.25) is 5.02 Å². The second-order valence-electron chi connectivity index (χ2n) is 3.19. The van der Waals surface area contributed by atoms with Crippen molar-refractivity contribution in [1.82, 2.24) is 4.98 Å². The fraction of sp³-hybridized carbons (Fsp3) is 0.0833. The molecule has 1 atom stereocenters. The summed E-state index contributed by atoms with van der Waals surface area (Å²) in [6.45, 7) is 0. The van der Waals surface area contributed by atoms with Gasteiger partial charge in [0.2, 0.25) is 0 Å². The highest BCUT2D eigenvalue weighted by Gasteiger charge is 2.09. The monoisotopic (exact) mass is 237 g/mol. The molecule has 76 valence electrons. The first-order valence-corrected chi connectivity index (χ1v) is 5.38. The van der Waals surface area contributed by atoms with Crippen molar-refractivity contribution in [2.75, 3.05) is 0 Å². The lowest BCUT2D eigenvalue weighted by Gasteiger charge is -2.09. The largest absolute Gasteiger partial charge is 0.265 e. The Bertz CT molecular complexity index is 425. The molecule has 0 radical (unpaired) electrons. The summed E-state index contributed by atoms with van der Waals surface area (Å²) < 4.78 is 0. The van der Waals surface area contributed by atoms with Gasteiger partial charge in [-0.3, -0.25) is 4.98 Å². The molecule has 0 aliphatic rings. The molecule has 1 aromatic carbocycles. The molecule has 2 aromatic rings. The van der Waals surface area contributed by atoms with Gasteiger partial charge in [-0.1, -0.05) is 23.7 Å². The van der Waals surface area contributed by atoms with Crippen molar-refractivity contribution in [3.8, 4) is 0 Å². The summed E-state index contributed by atoms with van der Waals surface area (Å²) >= 11 is 12.1. The van der Waals surface area contributed by atoms with Crippen LogP contribution in [0.25, 0.3) is 0 Å². The maximum Gasteiger partial charge on any atom is 0.0836 e. The first-order chi connectivity index (χ1) is 7.27.